The molecular weight excluding hydrogens is 382 g/mol. The molecule has 0 aliphatic carbocycles. The second-order valence-corrected chi connectivity index (χ2v) is 10.4. The molecule has 1 aliphatic heterocycles. The molecule has 1 saturated heterocycles. The van der Waals surface area contributed by atoms with Gasteiger partial charge in [0.2, 0.25) is 10.0 Å². The van der Waals surface area contributed by atoms with Gasteiger partial charge in [-0.25, -0.2) is 18.0 Å². The van der Waals surface area contributed by atoms with Crippen LogP contribution in [0.4, 0.5) is 0 Å². The predicted molar refractivity (Wildman–Crippen MR) is 104 cm³/mol. The van der Waals surface area contributed by atoms with Crippen LogP contribution >= 0.6 is 0 Å². The zero-order chi connectivity index (χ0) is 21.1. The lowest BCUT2D eigenvalue weighted by Gasteiger charge is -2.34. The second-order valence-electron chi connectivity index (χ2n) is 8.46. The zero-order valence-electron chi connectivity index (χ0n) is 17.1. The van der Waals surface area contributed by atoms with Crippen LogP contribution in [0.2, 0.25) is 0 Å². The van der Waals surface area contributed by atoms with E-state index in [-0.39, 0.29) is 10.5 Å². The molecule has 0 unspecified atom stereocenters. The van der Waals surface area contributed by atoms with Gasteiger partial charge in [0.1, 0.15) is 5.60 Å². The molecule has 0 amide bonds. The van der Waals surface area contributed by atoms with Crippen LogP contribution in [0.5, 0.6) is 0 Å². The predicted octanol–water partition coefficient (Wildman–Crippen LogP) is 2.85. The van der Waals surface area contributed by atoms with Crippen molar-refractivity contribution in [1.82, 2.24) is 4.31 Å². The van der Waals surface area contributed by atoms with Gasteiger partial charge in [-0.3, -0.25) is 0 Å². The zero-order valence-corrected chi connectivity index (χ0v) is 17.9. The molecule has 1 aromatic rings. The van der Waals surface area contributed by atoms with Gasteiger partial charge < -0.3 is 9.47 Å². The molecule has 0 aromatic heterocycles. The molecule has 1 heterocycles. The van der Waals surface area contributed by atoms with Crippen molar-refractivity contribution in [2.24, 2.45) is 11.8 Å². The topological polar surface area (TPSA) is 90.0 Å². The highest BCUT2D eigenvalue weighted by molar-refractivity contribution is 7.89. The van der Waals surface area contributed by atoms with E-state index in [0.29, 0.717) is 24.9 Å². The fourth-order valence-electron chi connectivity index (χ4n) is 3.29. The molecule has 1 aliphatic rings. The average Bonchev–Trinajstić information content (AvgIpc) is 2.57. The first-order valence-corrected chi connectivity index (χ1v) is 10.8. The first-order chi connectivity index (χ1) is 12.9. The largest absolute Gasteiger partial charge is 0.457 e. The van der Waals surface area contributed by atoms with Gasteiger partial charge in [0.05, 0.1) is 10.5 Å². The number of carbonyl (C=O) groups is 2. The molecule has 0 saturated carbocycles. The van der Waals surface area contributed by atoms with Crippen LogP contribution in [-0.4, -0.2) is 50.0 Å². The summed E-state index contributed by atoms with van der Waals surface area (Å²) < 4.78 is 37.2. The van der Waals surface area contributed by atoms with Crippen molar-refractivity contribution in [3.63, 3.8) is 0 Å². The summed E-state index contributed by atoms with van der Waals surface area (Å²) in [6.07, 6.45) is 1.01. The highest BCUT2D eigenvalue weighted by Crippen LogP contribution is 2.26. The van der Waals surface area contributed by atoms with E-state index in [1.807, 2.05) is 13.8 Å². The van der Waals surface area contributed by atoms with Gasteiger partial charge >= 0.3 is 11.9 Å². The third-order valence-electron chi connectivity index (χ3n) is 4.30. The summed E-state index contributed by atoms with van der Waals surface area (Å²) >= 11 is 0. The summed E-state index contributed by atoms with van der Waals surface area (Å²) in [5.74, 6) is -0.746. The lowest BCUT2D eigenvalue weighted by Crippen LogP contribution is -2.42. The van der Waals surface area contributed by atoms with Gasteiger partial charge in [-0.05, 0) is 63.3 Å². The molecule has 2 atom stereocenters. The maximum absolute atomic E-state index is 12.9. The van der Waals surface area contributed by atoms with Crippen LogP contribution in [0.15, 0.2) is 29.2 Å². The number of piperidine rings is 1. The molecule has 0 N–H and O–H groups in total. The lowest BCUT2D eigenvalue weighted by atomic mass is 9.94. The Kier molecular flexibility index (Phi) is 6.88. The van der Waals surface area contributed by atoms with Gasteiger partial charge in [-0.15, -0.1) is 0 Å². The summed E-state index contributed by atoms with van der Waals surface area (Å²) in [6.45, 7) is 9.73. The Balaban J connectivity index is 2.02. The fourth-order valence-corrected chi connectivity index (χ4v) is 4.97. The number of hydrogen-bond donors (Lipinski definition) is 0. The van der Waals surface area contributed by atoms with E-state index in [0.717, 1.165) is 6.42 Å². The summed E-state index contributed by atoms with van der Waals surface area (Å²) in [5, 5.41) is 0. The molecule has 7 nitrogen and oxygen atoms in total. The summed E-state index contributed by atoms with van der Waals surface area (Å²) in [5.41, 5.74) is -0.494. The summed E-state index contributed by atoms with van der Waals surface area (Å²) in [7, 11) is -3.61. The van der Waals surface area contributed by atoms with Crippen LogP contribution in [-0.2, 0) is 24.3 Å². The maximum Gasteiger partial charge on any atom is 0.344 e. The number of hydrogen-bond acceptors (Lipinski definition) is 6. The normalized spacial score (nSPS) is 21.2. The molecular formula is C20H29NO6S. The van der Waals surface area contributed by atoms with Gasteiger partial charge in [-0.1, -0.05) is 13.8 Å². The van der Waals surface area contributed by atoms with E-state index in [2.05, 4.69) is 0 Å². The number of ether oxygens (including phenoxy) is 2. The minimum atomic E-state index is -3.61. The molecule has 0 spiro atoms. The molecule has 2 rings (SSSR count). The van der Waals surface area contributed by atoms with Crippen molar-refractivity contribution in [3.8, 4) is 0 Å². The van der Waals surface area contributed by atoms with Crippen LogP contribution in [0.1, 0.15) is 51.4 Å². The first kappa shape index (κ1) is 22.4. The number of rotatable bonds is 5. The van der Waals surface area contributed by atoms with Crippen molar-refractivity contribution >= 4 is 22.0 Å². The highest BCUT2D eigenvalue weighted by Gasteiger charge is 2.31. The Morgan fingerprint density at radius 1 is 1.07 bits per heavy atom. The van der Waals surface area contributed by atoms with Crippen LogP contribution in [0, 0.1) is 11.8 Å². The summed E-state index contributed by atoms with van der Waals surface area (Å²) in [6, 6.07) is 5.56. The van der Waals surface area contributed by atoms with E-state index in [4.69, 9.17) is 9.47 Å². The Hall–Kier alpha value is -1.93. The Morgan fingerprint density at radius 2 is 1.61 bits per heavy atom. The van der Waals surface area contributed by atoms with Crippen molar-refractivity contribution < 1.29 is 27.5 Å². The fraction of sp³-hybridized carbons (Fsp3) is 0.600. The van der Waals surface area contributed by atoms with Gasteiger partial charge in [-0.2, -0.15) is 4.31 Å². The quantitative estimate of drug-likeness (QED) is 0.692. The number of sulfonamides is 1. The number of carbonyl (C=O) groups excluding carboxylic acids is 2. The number of benzene rings is 1. The van der Waals surface area contributed by atoms with E-state index < -0.39 is 34.2 Å². The second kappa shape index (κ2) is 8.61. The van der Waals surface area contributed by atoms with Crippen molar-refractivity contribution in [1.29, 1.82) is 0 Å². The molecule has 0 bridgehead atoms. The first-order valence-electron chi connectivity index (χ1n) is 9.37. The van der Waals surface area contributed by atoms with Crippen molar-refractivity contribution in [2.75, 3.05) is 19.7 Å². The monoisotopic (exact) mass is 411 g/mol. The molecule has 1 fully saturated rings. The Bertz CT molecular complexity index is 800. The van der Waals surface area contributed by atoms with E-state index in [9.17, 15) is 18.0 Å². The molecule has 8 heteroatoms. The van der Waals surface area contributed by atoms with Gasteiger partial charge in [0.15, 0.2) is 6.61 Å². The standard InChI is InChI=1S/C20H29NO6S/c1-14-10-15(2)12-21(11-14)28(24,25)17-8-6-16(7-9-17)19(23)26-13-18(22)27-20(3,4)5/h6-9,14-15H,10-13H2,1-5H3/t14-,15-/m0/s1. The lowest BCUT2D eigenvalue weighted by molar-refractivity contribution is -0.158. The van der Waals surface area contributed by atoms with Gasteiger partial charge in [0, 0.05) is 13.1 Å². The average molecular weight is 412 g/mol. The SMILES string of the molecule is C[C@H]1C[C@H](C)CN(S(=O)(=O)c2ccc(C(=O)OCC(=O)OC(C)(C)C)cc2)C1. The molecule has 0 radical (unpaired) electrons. The third kappa shape index (κ3) is 6.04. The summed E-state index contributed by atoms with van der Waals surface area (Å²) in [4.78, 5) is 23.8. The van der Waals surface area contributed by atoms with Gasteiger partial charge in [0.25, 0.3) is 0 Å². The van der Waals surface area contributed by atoms with E-state index in [1.54, 1.807) is 20.8 Å². The van der Waals surface area contributed by atoms with Crippen molar-refractivity contribution in [2.45, 2.75) is 51.5 Å². The van der Waals surface area contributed by atoms with Crippen LogP contribution in [0.3, 0.4) is 0 Å². The maximum atomic E-state index is 12.9. The molecule has 156 valence electrons. The van der Waals surface area contributed by atoms with E-state index in [1.165, 1.54) is 28.6 Å². The molecule has 28 heavy (non-hydrogen) atoms. The Labute approximate surface area is 167 Å². The van der Waals surface area contributed by atoms with Crippen LogP contribution in [0.25, 0.3) is 0 Å². The smallest absolute Gasteiger partial charge is 0.344 e. The number of nitrogens with zero attached hydrogens (tertiary/aromatic N) is 1. The highest BCUT2D eigenvalue weighted by atomic mass is 32.2. The minimum absolute atomic E-state index is 0.137. The van der Waals surface area contributed by atoms with Crippen LogP contribution < -0.4 is 0 Å². The van der Waals surface area contributed by atoms with Crippen molar-refractivity contribution in [3.05, 3.63) is 29.8 Å². The Morgan fingerprint density at radius 3 is 2.11 bits per heavy atom. The van der Waals surface area contributed by atoms with E-state index >= 15 is 0 Å². The third-order valence-corrected chi connectivity index (χ3v) is 6.15. The molecule has 1 aromatic carbocycles. The minimum Gasteiger partial charge on any atom is -0.457 e. The number of esters is 2.